The molecule has 0 amide bonds. The zero-order chi connectivity index (χ0) is 38.4. The predicted octanol–water partition coefficient (Wildman–Crippen LogP) is 15.6. The van der Waals surface area contributed by atoms with Crippen molar-refractivity contribution in [1.29, 1.82) is 0 Å². The largest absolute Gasteiger partial charge is 0.310 e. The van der Waals surface area contributed by atoms with Gasteiger partial charge in [-0.3, -0.25) is 0 Å². The fourth-order valence-corrected chi connectivity index (χ4v) is 8.87. The number of para-hydroxylation sites is 2. The first-order chi connectivity index (χ1) is 28.8. The standard InChI is InChI=1S/C56H38N2/c1-3-17-41(18-4-1)48-25-11-13-28-54(48)58-55-29-14-12-26-51(55)52-35-33-46(38-56(52)58)57(44-31-30-39-16-7-8-22-43(39)36-44)45-32-34-50(53(37-45)42-19-5-2-6-20-42)49-27-15-23-40-21-9-10-24-47(40)49/h1-38H. The number of aromatic nitrogens is 1. The van der Waals surface area contributed by atoms with Gasteiger partial charge in [-0.2, -0.15) is 0 Å². The molecule has 10 aromatic carbocycles. The molecule has 0 saturated heterocycles. The lowest BCUT2D eigenvalue weighted by Gasteiger charge is -2.27. The van der Waals surface area contributed by atoms with Gasteiger partial charge in [0.15, 0.2) is 0 Å². The molecule has 0 saturated carbocycles. The molecule has 2 nitrogen and oxygen atoms in total. The van der Waals surface area contributed by atoms with Crippen LogP contribution in [0.2, 0.25) is 0 Å². The molecular weight excluding hydrogens is 701 g/mol. The van der Waals surface area contributed by atoms with Crippen LogP contribution in [0.25, 0.3) is 82.4 Å². The van der Waals surface area contributed by atoms with Crippen molar-refractivity contribution in [3.63, 3.8) is 0 Å². The molecule has 0 aliphatic carbocycles. The fourth-order valence-electron chi connectivity index (χ4n) is 8.87. The van der Waals surface area contributed by atoms with E-state index in [0.717, 1.165) is 28.3 Å². The maximum atomic E-state index is 2.45. The third-order valence-electron chi connectivity index (χ3n) is 11.6. The molecule has 0 aliphatic rings. The highest BCUT2D eigenvalue weighted by Gasteiger charge is 2.21. The number of benzene rings is 10. The highest BCUT2D eigenvalue weighted by Crippen LogP contribution is 2.45. The van der Waals surface area contributed by atoms with Crippen LogP contribution in [0.4, 0.5) is 17.1 Å². The Morgan fingerprint density at radius 1 is 0.276 bits per heavy atom. The van der Waals surface area contributed by atoms with Crippen LogP contribution in [0.15, 0.2) is 231 Å². The fraction of sp³-hybridized carbons (Fsp3) is 0. The summed E-state index contributed by atoms with van der Waals surface area (Å²) in [5.41, 5.74) is 13.9. The number of fused-ring (bicyclic) bond motifs is 5. The molecule has 11 rings (SSSR count). The third kappa shape index (κ3) is 5.74. The molecule has 0 radical (unpaired) electrons. The normalized spacial score (nSPS) is 11.4. The van der Waals surface area contributed by atoms with Crippen LogP contribution in [0.1, 0.15) is 0 Å². The molecule has 58 heavy (non-hydrogen) atoms. The SMILES string of the molecule is c1ccc(-c2cc(N(c3ccc4ccccc4c3)c3ccc4c5ccccc5n(-c5ccccc5-c5ccccc5)c4c3)ccc2-c2cccc3ccccc23)cc1. The first-order valence-corrected chi connectivity index (χ1v) is 19.9. The number of rotatable bonds is 7. The average Bonchev–Trinajstić information content (AvgIpc) is 3.63. The number of hydrogen-bond acceptors (Lipinski definition) is 1. The minimum absolute atomic E-state index is 1.08. The van der Waals surface area contributed by atoms with Crippen LogP contribution in [0, 0.1) is 0 Å². The molecule has 0 bridgehead atoms. The van der Waals surface area contributed by atoms with E-state index in [2.05, 4.69) is 240 Å². The van der Waals surface area contributed by atoms with Crippen molar-refractivity contribution in [2.75, 3.05) is 4.90 Å². The molecule has 0 atom stereocenters. The second kappa shape index (κ2) is 14.1. The third-order valence-corrected chi connectivity index (χ3v) is 11.6. The molecular formula is C56H38N2. The molecule has 0 N–H and O–H groups in total. The summed E-state index contributed by atoms with van der Waals surface area (Å²) in [6, 6.07) is 83.8. The smallest absolute Gasteiger partial charge is 0.0562 e. The van der Waals surface area contributed by atoms with E-state index in [1.54, 1.807) is 0 Å². The van der Waals surface area contributed by atoms with Gasteiger partial charge in [0, 0.05) is 33.4 Å². The van der Waals surface area contributed by atoms with Gasteiger partial charge in [0.25, 0.3) is 0 Å². The Labute approximate surface area is 338 Å². The first kappa shape index (κ1) is 33.6. The molecule has 272 valence electrons. The van der Waals surface area contributed by atoms with Crippen LogP contribution >= 0.6 is 0 Å². The Morgan fingerprint density at radius 2 is 0.828 bits per heavy atom. The Kier molecular flexibility index (Phi) is 8.19. The average molecular weight is 739 g/mol. The number of anilines is 3. The summed E-state index contributed by atoms with van der Waals surface area (Å²) in [6.07, 6.45) is 0. The minimum atomic E-state index is 1.08. The Balaban J connectivity index is 1.18. The van der Waals surface area contributed by atoms with Crippen molar-refractivity contribution >= 4 is 60.4 Å². The van der Waals surface area contributed by atoms with Crippen molar-refractivity contribution in [2.45, 2.75) is 0 Å². The predicted molar refractivity (Wildman–Crippen MR) is 247 cm³/mol. The molecule has 1 aromatic heterocycles. The van der Waals surface area contributed by atoms with Gasteiger partial charge in [0.05, 0.1) is 16.7 Å². The summed E-state index contributed by atoms with van der Waals surface area (Å²) in [6.45, 7) is 0. The maximum absolute atomic E-state index is 2.45. The van der Waals surface area contributed by atoms with Gasteiger partial charge < -0.3 is 9.47 Å². The Morgan fingerprint density at radius 3 is 1.66 bits per heavy atom. The van der Waals surface area contributed by atoms with Crippen LogP contribution in [-0.2, 0) is 0 Å². The van der Waals surface area contributed by atoms with Crippen LogP contribution in [0.3, 0.4) is 0 Å². The summed E-state index contributed by atoms with van der Waals surface area (Å²) >= 11 is 0. The number of nitrogens with zero attached hydrogens (tertiary/aromatic N) is 2. The Hall–Kier alpha value is -7.68. The van der Waals surface area contributed by atoms with Gasteiger partial charge in [-0.15, -0.1) is 0 Å². The van der Waals surface area contributed by atoms with Crippen molar-refractivity contribution < 1.29 is 0 Å². The van der Waals surface area contributed by atoms with E-state index in [1.165, 1.54) is 71.2 Å². The lowest BCUT2D eigenvalue weighted by Crippen LogP contribution is -2.10. The van der Waals surface area contributed by atoms with E-state index in [9.17, 15) is 0 Å². The highest BCUT2D eigenvalue weighted by atomic mass is 15.1. The highest BCUT2D eigenvalue weighted by molar-refractivity contribution is 6.11. The molecule has 1 heterocycles. The van der Waals surface area contributed by atoms with Crippen molar-refractivity contribution in [1.82, 2.24) is 4.57 Å². The second-order valence-electron chi connectivity index (χ2n) is 14.9. The minimum Gasteiger partial charge on any atom is -0.310 e. The number of hydrogen-bond donors (Lipinski definition) is 0. The monoisotopic (exact) mass is 738 g/mol. The molecule has 0 unspecified atom stereocenters. The molecule has 2 heteroatoms. The summed E-state index contributed by atoms with van der Waals surface area (Å²) in [5.74, 6) is 0. The molecule has 0 spiro atoms. The van der Waals surface area contributed by atoms with Gasteiger partial charge in [-0.1, -0.05) is 182 Å². The molecule has 11 aromatic rings. The summed E-state index contributed by atoms with van der Waals surface area (Å²) in [4.78, 5) is 2.43. The summed E-state index contributed by atoms with van der Waals surface area (Å²) in [7, 11) is 0. The van der Waals surface area contributed by atoms with E-state index >= 15 is 0 Å². The summed E-state index contributed by atoms with van der Waals surface area (Å²) < 4.78 is 2.45. The zero-order valence-corrected chi connectivity index (χ0v) is 31.8. The van der Waals surface area contributed by atoms with E-state index in [-0.39, 0.29) is 0 Å². The van der Waals surface area contributed by atoms with Crippen LogP contribution in [-0.4, -0.2) is 4.57 Å². The molecule has 0 aliphatic heterocycles. The Bertz CT molecular complexity index is 3280. The van der Waals surface area contributed by atoms with E-state index in [1.807, 2.05) is 0 Å². The lowest BCUT2D eigenvalue weighted by atomic mass is 9.90. The van der Waals surface area contributed by atoms with Gasteiger partial charge in [0.2, 0.25) is 0 Å². The van der Waals surface area contributed by atoms with Crippen LogP contribution < -0.4 is 4.90 Å². The second-order valence-corrected chi connectivity index (χ2v) is 14.9. The van der Waals surface area contributed by atoms with Gasteiger partial charge in [0.1, 0.15) is 0 Å². The van der Waals surface area contributed by atoms with Crippen LogP contribution in [0.5, 0.6) is 0 Å². The zero-order valence-electron chi connectivity index (χ0n) is 31.8. The van der Waals surface area contributed by atoms with Crippen molar-refractivity contribution in [2.24, 2.45) is 0 Å². The quantitative estimate of drug-likeness (QED) is 0.158. The molecule has 0 fully saturated rings. The van der Waals surface area contributed by atoms with Gasteiger partial charge in [-0.25, -0.2) is 0 Å². The van der Waals surface area contributed by atoms with Crippen molar-refractivity contribution in [3.05, 3.63) is 231 Å². The van der Waals surface area contributed by atoms with E-state index in [4.69, 9.17) is 0 Å². The topological polar surface area (TPSA) is 8.17 Å². The summed E-state index contributed by atoms with van der Waals surface area (Å²) in [5, 5.41) is 7.35. The van der Waals surface area contributed by atoms with Gasteiger partial charge in [-0.05, 0) is 97.9 Å². The van der Waals surface area contributed by atoms with E-state index in [0.29, 0.717) is 0 Å². The lowest BCUT2D eigenvalue weighted by molar-refractivity contribution is 1.18. The van der Waals surface area contributed by atoms with E-state index < -0.39 is 0 Å². The van der Waals surface area contributed by atoms with Gasteiger partial charge >= 0.3 is 0 Å². The maximum Gasteiger partial charge on any atom is 0.0562 e. The van der Waals surface area contributed by atoms with Crippen molar-refractivity contribution in [3.8, 4) is 39.1 Å². The first-order valence-electron chi connectivity index (χ1n) is 19.9.